The molecule has 1 aromatic heterocycles. The number of ether oxygens (including phenoxy) is 1. The number of rotatable bonds is 2. The van der Waals surface area contributed by atoms with Gasteiger partial charge in [0.15, 0.2) is 0 Å². The molecule has 0 bridgehead atoms. The van der Waals surface area contributed by atoms with Gasteiger partial charge in [-0.3, -0.25) is 4.79 Å². The number of nitrogens with zero attached hydrogens (tertiary/aromatic N) is 2. The van der Waals surface area contributed by atoms with E-state index < -0.39 is 11.5 Å². The largest absolute Gasteiger partial charge is 0.444 e. The van der Waals surface area contributed by atoms with Gasteiger partial charge in [0.25, 0.3) is 5.91 Å². The maximum Gasteiger partial charge on any atom is 0.410 e. The molecule has 2 rings (SSSR count). The van der Waals surface area contributed by atoms with Crippen molar-refractivity contribution in [2.24, 2.45) is 0 Å². The van der Waals surface area contributed by atoms with Gasteiger partial charge in [-0.15, -0.1) is 0 Å². The fourth-order valence-corrected chi connectivity index (χ4v) is 2.18. The lowest BCUT2D eigenvalue weighted by atomic mass is 10.2. The highest BCUT2D eigenvalue weighted by Gasteiger charge is 2.30. The molecule has 2 heterocycles. The highest BCUT2D eigenvalue weighted by Crippen LogP contribution is 2.15. The zero-order chi connectivity index (χ0) is 16.3. The quantitative estimate of drug-likeness (QED) is 0.848. The van der Waals surface area contributed by atoms with Crippen LogP contribution < -0.4 is 5.32 Å². The van der Waals surface area contributed by atoms with E-state index in [0.29, 0.717) is 19.5 Å². The van der Waals surface area contributed by atoms with Crippen molar-refractivity contribution >= 4 is 12.0 Å². The Bertz CT molecular complexity index is 571. The summed E-state index contributed by atoms with van der Waals surface area (Å²) in [5.41, 5.74) is -0.337. The molecule has 120 valence electrons. The summed E-state index contributed by atoms with van der Waals surface area (Å²) in [7, 11) is 0. The summed E-state index contributed by atoms with van der Waals surface area (Å²) < 4.78 is 18.3. The van der Waals surface area contributed by atoms with E-state index in [1.165, 1.54) is 12.3 Å². The molecule has 1 atom stereocenters. The second-order valence-corrected chi connectivity index (χ2v) is 6.25. The fourth-order valence-electron chi connectivity index (χ4n) is 2.18. The average molecular weight is 309 g/mol. The third kappa shape index (κ3) is 4.41. The molecule has 1 aromatic rings. The van der Waals surface area contributed by atoms with Gasteiger partial charge >= 0.3 is 6.09 Å². The summed E-state index contributed by atoms with van der Waals surface area (Å²) in [5.74, 6) is -1.08. The van der Waals surface area contributed by atoms with Crippen molar-refractivity contribution < 1.29 is 18.7 Å². The molecule has 0 spiro atoms. The Morgan fingerprint density at radius 3 is 2.82 bits per heavy atom. The Balaban J connectivity index is 1.88. The van der Waals surface area contributed by atoms with Gasteiger partial charge in [-0.1, -0.05) is 0 Å². The molecule has 1 saturated heterocycles. The monoisotopic (exact) mass is 309 g/mol. The van der Waals surface area contributed by atoms with Crippen LogP contribution in [0.1, 0.15) is 37.6 Å². The summed E-state index contributed by atoms with van der Waals surface area (Å²) in [5, 5.41) is 2.79. The molecule has 1 fully saturated rings. The molecule has 7 heteroatoms. The number of hydrogen-bond donors (Lipinski definition) is 1. The number of amides is 2. The number of hydrogen-bond acceptors (Lipinski definition) is 4. The van der Waals surface area contributed by atoms with Crippen molar-refractivity contribution in [3.8, 4) is 0 Å². The molecule has 6 nitrogen and oxygen atoms in total. The summed E-state index contributed by atoms with van der Waals surface area (Å²) in [6, 6.07) is 2.35. The minimum atomic E-state index is -0.700. The Labute approximate surface area is 128 Å². The molecule has 0 radical (unpaired) electrons. The molecule has 2 amide bonds. The van der Waals surface area contributed by atoms with Crippen molar-refractivity contribution in [2.45, 2.75) is 38.8 Å². The maximum absolute atomic E-state index is 13.0. The zero-order valence-electron chi connectivity index (χ0n) is 12.9. The molecule has 0 aromatic carbocycles. The number of aromatic nitrogens is 1. The van der Waals surface area contributed by atoms with Crippen LogP contribution in [0.3, 0.4) is 0 Å². The van der Waals surface area contributed by atoms with E-state index in [9.17, 15) is 14.0 Å². The lowest BCUT2D eigenvalue weighted by molar-refractivity contribution is 0.0290. The minimum Gasteiger partial charge on any atom is -0.444 e. The van der Waals surface area contributed by atoms with Crippen LogP contribution in [0.15, 0.2) is 18.3 Å². The summed E-state index contributed by atoms with van der Waals surface area (Å²) in [6.45, 7) is 6.31. The molecule has 1 N–H and O–H groups in total. The zero-order valence-corrected chi connectivity index (χ0v) is 12.9. The number of carbonyl (C=O) groups is 2. The third-order valence-corrected chi connectivity index (χ3v) is 3.16. The van der Waals surface area contributed by atoms with Gasteiger partial charge < -0.3 is 15.0 Å². The Morgan fingerprint density at radius 2 is 2.18 bits per heavy atom. The first-order valence-electron chi connectivity index (χ1n) is 7.15. The second-order valence-electron chi connectivity index (χ2n) is 6.25. The summed E-state index contributed by atoms with van der Waals surface area (Å²) >= 11 is 0. The van der Waals surface area contributed by atoms with Crippen molar-refractivity contribution in [2.75, 3.05) is 13.1 Å². The van der Waals surface area contributed by atoms with Crippen LogP contribution in [0, 0.1) is 5.95 Å². The van der Waals surface area contributed by atoms with Gasteiger partial charge in [-0.05, 0) is 33.3 Å². The van der Waals surface area contributed by atoms with E-state index in [0.717, 1.165) is 6.07 Å². The number of likely N-dealkylation sites (tertiary alicyclic amines) is 1. The van der Waals surface area contributed by atoms with Gasteiger partial charge in [0.1, 0.15) is 5.60 Å². The van der Waals surface area contributed by atoms with Gasteiger partial charge in [-0.25, -0.2) is 9.78 Å². The second kappa shape index (κ2) is 6.29. The molecule has 1 aliphatic rings. The van der Waals surface area contributed by atoms with Crippen LogP contribution >= 0.6 is 0 Å². The standard InChI is InChI=1S/C15H20FN3O3/c1-15(2,3)22-14(21)19-7-5-11(9-19)18-13(20)10-4-6-17-12(16)8-10/h4,6,8,11H,5,7,9H2,1-3H3,(H,18,20)/t11-/m1/s1. The van der Waals surface area contributed by atoms with Gasteiger partial charge in [0, 0.05) is 37.0 Å². The van der Waals surface area contributed by atoms with E-state index in [4.69, 9.17) is 4.74 Å². The number of carbonyl (C=O) groups excluding carboxylic acids is 2. The van der Waals surface area contributed by atoms with Crippen LogP contribution in [0.25, 0.3) is 0 Å². The van der Waals surface area contributed by atoms with Crippen LogP contribution in [0.4, 0.5) is 9.18 Å². The summed E-state index contributed by atoms with van der Waals surface area (Å²) in [6.07, 6.45) is 1.49. The lowest BCUT2D eigenvalue weighted by Crippen LogP contribution is -2.40. The van der Waals surface area contributed by atoms with Crippen molar-refractivity contribution in [1.29, 1.82) is 0 Å². The Kier molecular flexibility index (Phi) is 4.63. The summed E-state index contributed by atoms with van der Waals surface area (Å²) in [4.78, 5) is 28.9. The topological polar surface area (TPSA) is 71.5 Å². The number of pyridine rings is 1. The molecular formula is C15H20FN3O3. The Morgan fingerprint density at radius 1 is 1.45 bits per heavy atom. The van der Waals surface area contributed by atoms with Crippen LogP contribution in [0.2, 0.25) is 0 Å². The number of nitrogens with one attached hydrogen (secondary N) is 1. The van der Waals surface area contributed by atoms with Crippen molar-refractivity contribution in [3.63, 3.8) is 0 Å². The van der Waals surface area contributed by atoms with Crippen molar-refractivity contribution in [1.82, 2.24) is 15.2 Å². The SMILES string of the molecule is CC(C)(C)OC(=O)N1CC[C@@H](NC(=O)c2ccnc(F)c2)C1. The molecular weight excluding hydrogens is 289 g/mol. The van der Waals surface area contributed by atoms with E-state index in [2.05, 4.69) is 10.3 Å². The first kappa shape index (κ1) is 16.2. The minimum absolute atomic E-state index is 0.170. The first-order chi connectivity index (χ1) is 10.2. The molecule has 0 unspecified atom stereocenters. The molecule has 0 aliphatic carbocycles. The van der Waals surface area contributed by atoms with Crippen LogP contribution in [-0.2, 0) is 4.74 Å². The Hall–Kier alpha value is -2.18. The number of halogens is 1. The van der Waals surface area contributed by atoms with Gasteiger partial charge in [0.2, 0.25) is 5.95 Å². The van der Waals surface area contributed by atoms with Gasteiger partial charge in [-0.2, -0.15) is 4.39 Å². The third-order valence-electron chi connectivity index (χ3n) is 3.16. The predicted molar refractivity (Wildman–Crippen MR) is 77.9 cm³/mol. The van der Waals surface area contributed by atoms with E-state index >= 15 is 0 Å². The smallest absolute Gasteiger partial charge is 0.410 e. The highest BCUT2D eigenvalue weighted by molar-refractivity contribution is 5.94. The maximum atomic E-state index is 13.0. The molecule has 22 heavy (non-hydrogen) atoms. The van der Waals surface area contributed by atoms with Crippen molar-refractivity contribution in [3.05, 3.63) is 29.8 Å². The van der Waals surface area contributed by atoms with E-state index in [1.54, 1.807) is 25.7 Å². The van der Waals surface area contributed by atoms with E-state index in [-0.39, 0.29) is 23.6 Å². The van der Waals surface area contributed by atoms with Crippen LogP contribution in [-0.4, -0.2) is 46.6 Å². The first-order valence-corrected chi connectivity index (χ1v) is 7.15. The highest BCUT2D eigenvalue weighted by atomic mass is 19.1. The van der Waals surface area contributed by atoms with E-state index in [1.807, 2.05) is 0 Å². The fraction of sp³-hybridized carbons (Fsp3) is 0.533. The molecule has 0 saturated carbocycles. The van der Waals surface area contributed by atoms with Gasteiger partial charge in [0.05, 0.1) is 0 Å². The molecule has 1 aliphatic heterocycles. The normalized spacial score (nSPS) is 18.2. The lowest BCUT2D eigenvalue weighted by Gasteiger charge is -2.24. The predicted octanol–water partition coefficient (Wildman–Crippen LogP) is 1.96. The van der Waals surface area contributed by atoms with Crippen LogP contribution in [0.5, 0.6) is 0 Å². The average Bonchev–Trinajstić information content (AvgIpc) is 2.85.